The minimum Gasteiger partial charge on any atom is -0.466 e. The standard InChI is InChI=1S/C22H29N3O3/c1-5-28-22(27)17-7-6-12-24(14-17)21(26)19-13-23-25(20(19)15(2)3)18-10-8-16(4)9-11-18/h8-11,13,15,17H,5-7,12,14H2,1-4H3. The number of esters is 1. The molecule has 6 nitrogen and oxygen atoms in total. The molecule has 1 saturated heterocycles. The third kappa shape index (κ3) is 4.11. The number of carbonyl (C=O) groups is 2. The van der Waals surface area contributed by atoms with Crippen LogP contribution in [0.2, 0.25) is 0 Å². The molecule has 0 radical (unpaired) electrons. The van der Waals surface area contributed by atoms with E-state index in [4.69, 9.17) is 4.74 Å². The fraction of sp³-hybridized carbons (Fsp3) is 0.500. The van der Waals surface area contributed by atoms with Crippen LogP contribution in [0, 0.1) is 12.8 Å². The number of nitrogens with zero attached hydrogens (tertiary/aromatic N) is 3. The van der Waals surface area contributed by atoms with E-state index in [1.165, 1.54) is 5.56 Å². The van der Waals surface area contributed by atoms with Crippen molar-refractivity contribution < 1.29 is 14.3 Å². The van der Waals surface area contributed by atoms with Gasteiger partial charge in [0.25, 0.3) is 5.91 Å². The highest BCUT2D eigenvalue weighted by atomic mass is 16.5. The lowest BCUT2D eigenvalue weighted by molar-refractivity contribution is -0.149. The van der Waals surface area contributed by atoms with Crippen molar-refractivity contribution in [3.8, 4) is 5.69 Å². The molecule has 1 aromatic heterocycles. The highest BCUT2D eigenvalue weighted by Crippen LogP contribution is 2.26. The fourth-order valence-corrected chi connectivity index (χ4v) is 3.75. The van der Waals surface area contributed by atoms with E-state index in [1.807, 2.05) is 35.9 Å². The van der Waals surface area contributed by atoms with E-state index in [0.717, 1.165) is 24.2 Å². The lowest BCUT2D eigenvalue weighted by Crippen LogP contribution is -2.43. The van der Waals surface area contributed by atoms with Crippen molar-refractivity contribution in [2.45, 2.75) is 46.5 Å². The van der Waals surface area contributed by atoms with E-state index in [1.54, 1.807) is 18.0 Å². The van der Waals surface area contributed by atoms with Gasteiger partial charge in [-0.15, -0.1) is 0 Å². The van der Waals surface area contributed by atoms with Gasteiger partial charge in [0, 0.05) is 13.1 Å². The van der Waals surface area contributed by atoms with Gasteiger partial charge in [-0.3, -0.25) is 9.59 Å². The molecule has 1 aliphatic rings. The summed E-state index contributed by atoms with van der Waals surface area (Å²) < 4.78 is 7.01. The predicted octanol–water partition coefficient (Wildman–Crippen LogP) is 3.72. The van der Waals surface area contributed by atoms with E-state index in [2.05, 4.69) is 18.9 Å². The summed E-state index contributed by atoms with van der Waals surface area (Å²) in [7, 11) is 0. The molecule has 0 bridgehead atoms. The predicted molar refractivity (Wildman–Crippen MR) is 108 cm³/mol. The van der Waals surface area contributed by atoms with Gasteiger partial charge in [-0.2, -0.15) is 5.10 Å². The SMILES string of the molecule is CCOC(=O)C1CCCN(C(=O)c2cnn(-c3ccc(C)cc3)c2C(C)C)C1. The normalized spacial score (nSPS) is 17.0. The van der Waals surface area contributed by atoms with Gasteiger partial charge in [-0.05, 0) is 44.7 Å². The number of benzene rings is 1. The van der Waals surface area contributed by atoms with Gasteiger partial charge in [-0.25, -0.2) is 4.68 Å². The van der Waals surface area contributed by atoms with Gasteiger partial charge in [0.05, 0.1) is 35.7 Å². The molecular formula is C22H29N3O3. The molecular weight excluding hydrogens is 354 g/mol. The number of likely N-dealkylation sites (tertiary alicyclic amines) is 1. The van der Waals surface area contributed by atoms with Crippen LogP contribution in [0.4, 0.5) is 0 Å². The number of aromatic nitrogens is 2. The summed E-state index contributed by atoms with van der Waals surface area (Å²) in [5.41, 5.74) is 3.63. The molecule has 6 heteroatoms. The molecule has 150 valence electrons. The van der Waals surface area contributed by atoms with Crippen LogP contribution in [-0.4, -0.2) is 46.3 Å². The van der Waals surface area contributed by atoms with Crippen LogP contribution in [0.1, 0.15) is 61.1 Å². The molecule has 3 rings (SSSR count). The van der Waals surface area contributed by atoms with Crippen LogP contribution in [0.15, 0.2) is 30.5 Å². The monoisotopic (exact) mass is 383 g/mol. The van der Waals surface area contributed by atoms with Crippen molar-refractivity contribution in [1.82, 2.24) is 14.7 Å². The van der Waals surface area contributed by atoms with Crippen molar-refractivity contribution in [2.75, 3.05) is 19.7 Å². The minimum atomic E-state index is -0.243. The maximum absolute atomic E-state index is 13.3. The molecule has 2 aromatic rings. The first-order valence-electron chi connectivity index (χ1n) is 10.0. The van der Waals surface area contributed by atoms with Crippen molar-refractivity contribution >= 4 is 11.9 Å². The molecule has 0 spiro atoms. The summed E-state index contributed by atoms with van der Waals surface area (Å²) in [6.45, 7) is 9.41. The smallest absolute Gasteiger partial charge is 0.310 e. The minimum absolute atomic E-state index is 0.0592. The number of hydrogen-bond acceptors (Lipinski definition) is 4. The van der Waals surface area contributed by atoms with E-state index < -0.39 is 0 Å². The highest BCUT2D eigenvalue weighted by Gasteiger charge is 2.32. The van der Waals surface area contributed by atoms with Crippen molar-refractivity contribution in [2.24, 2.45) is 5.92 Å². The number of hydrogen-bond donors (Lipinski definition) is 0. The number of piperidine rings is 1. The van der Waals surface area contributed by atoms with Gasteiger partial charge in [0.1, 0.15) is 0 Å². The summed E-state index contributed by atoms with van der Waals surface area (Å²) in [6, 6.07) is 8.11. The van der Waals surface area contributed by atoms with Crippen LogP contribution in [-0.2, 0) is 9.53 Å². The van der Waals surface area contributed by atoms with E-state index >= 15 is 0 Å². The first-order valence-corrected chi connectivity index (χ1v) is 10.0. The third-order valence-electron chi connectivity index (χ3n) is 5.19. The van der Waals surface area contributed by atoms with E-state index in [-0.39, 0.29) is 23.7 Å². The van der Waals surface area contributed by atoms with Crippen molar-refractivity contribution in [3.63, 3.8) is 0 Å². The Bertz CT molecular complexity index is 839. The zero-order valence-corrected chi connectivity index (χ0v) is 17.1. The zero-order valence-electron chi connectivity index (χ0n) is 17.1. The molecule has 0 aliphatic carbocycles. The summed E-state index contributed by atoms with van der Waals surface area (Å²) in [5, 5.41) is 4.51. The number of aryl methyl sites for hydroxylation is 1. The topological polar surface area (TPSA) is 64.4 Å². The van der Waals surface area contributed by atoms with Crippen LogP contribution >= 0.6 is 0 Å². The second-order valence-electron chi connectivity index (χ2n) is 7.69. The molecule has 0 saturated carbocycles. The largest absolute Gasteiger partial charge is 0.466 e. The molecule has 2 heterocycles. The highest BCUT2D eigenvalue weighted by molar-refractivity contribution is 5.96. The van der Waals surface area contributed by atoms with Gasteiger partial charge >= 0.3 is 5.97 Å². The Labute approximate surface area is 166 Å². The summed E-state index contributed by atoms with van der Waals surface area (Å²) in [6.07, 6.45) is 3.23. The summed E-state index contributed by atoms with van der Waals surface area (Å²) >= 11 is 0. The zero-order chi connectivity index (χ0) is 20.3. The maximum atomic E-state index is 13.3. The Balaban J connectivity index is 1.87. The number of ether oxygens (including phenoxy) is 1. The molecule has 1 aromatic carbocycles. The molecule has 1 aliphatic heterocycles. The van der Waals surface area contributed by atoms with Gasteiger partial charge in [0.15, 0.2) is 0 Å². The van der Waals surface area contributed by atoms with Gasteiger partial charge in [-0.1, -0.05) is 31.5 Å². The van der Waals surface area contributed by atoms with Crippen LogP contribution in [0.25, 0.3) is 5.69 Å². The first kappa shape index (κ1) is 20.1. The average Bonchev–Trinajstić information content (AvgIpc) is 3.13. The van der Waals surface area contributed by atoms with Gasteiger partial charge in [0.2, 0.25) is 0 Å². The Morgan fingerprint density at radius 1 is 1.25 bits per heavy atom. The van der Waals surface area contributed by atoms with Crippen LogP contribution in [0.3, 0.4) is 0 Å². The summed E-state index contributed by atoms with van der Waals surface area (Å²) in [4.78, 5) is 27.2. The number of carbonyl (C=O) groups excluding carboxylic acids is 2. The number of amides is 1. The quantitative estimate of drug-likeness (QED) is 0.738. The van der Waals surface area contributed by atoms with Gasteiger partial charge < -0.3 is 9.64 Å². The Hall–Kier alpha value is -2.63. The average molecular weight is 383 g/mol. The fourth-order valence-electron chi connectivity index (χ4n) is 3.75. The van der Waals surface area contributed by atoms with E-state index in [9.17, 15) is 9.59 Å². The first-order chi connectivity index (χ1) is 13.4. The Morgan fingerprint density at radius 2 is 1.96 bits per heavy atom. The van der Waals surface area contributed by atoms with E-state index in [0.29, 0.717) is 25.3 Å². The molecule has 1 unspecified atom stereocenters. The molecule has 1 atom stereocenters. The number of rotatable bonds is 5. The van der Waals surface area contributed by atoms with Crippen molar-refractivity contribution in [3.05, 3.63) is 47.3 Å². The Morgan fingerprint density at radius 3 is 2.61 bits per heavy atom. The third-order valence-corrected chi connectivity index (χ3v) is 5.19. The van der Waals surface area contributed by atoms with Crippen LogP contribution < -0.4 is 0 Å². The Kier molecular flexibility index (Phi) is 6.17. The lowest BCUT2D eigenvalue weighted by Gasteiger charge is -2.31. The molecule has 1 fully saturated rings. The molecule has 0 N–H and O–H groups in total. The maximum Gasteiger partial charge on any atom is 0.310 e. The second-order valence-corrected chi connectivity index (χ2v) is 7.69. The van der Waals surface area contributed by atoms with Crippen molar-refractivity contribution in [1.29, 1.82) is 0 Å². The molecule has 1 amide bonds. The summed E-state index contributed by atoms with van der Waals surface area (Å²) in [5.74, 6) is -0.379. The molecule has 28 heavy (non-hydrogen) atoms. The van der Waals surface area contributed by atoms with Crippen LogP contribution in [0.5, 0.6) is 0 Å². The second kappa shape index (κ2) is 8.59. The lowest BCUT2D eigenvalue weighted by atomic mass is 9.97.